The summed E-state index contributed by atoms with van der Waals surface area (Å²) >= 11 is 1.36. The third-order valence-electron chi connectivity index (χ3n) is 3.59. The number of hydrogen-bond donors (Lipinski definition) is 1. The molecular weight excluding hydrogens is 353 g/mol. The Hall–Kier alpha value is -1.87. The first-order valence-corrected chi connectivity index (χ1v) is 8.79. The van der Waals surface area contributed by atoms with Gasteiger partial charge in [-0.05, 0) is 24.0 Å². The molecule has 0 saturated heterocycles. The molecular formula is C16H17F3N4OS. The summed E-state index contributed by atoms with van der Waals surface area (Å²) in [4.78, 5) is 4.55. The molecule has 2 aromatic heterocycles. The van der Waals surface area contributed by atoms with E-state index in [4.69, 9.17) is 0 Å². The number of thioether (sulfide) groups is 1. The first-order valence-electron chi connectivity index (χ1n) is 7.80. The van der Waals surface area contributed by atoms with E-state index in [1.54, 1.807) is 18.2 Å². The molecule has 0 spiro atoms. The maximum Gasteiger partial charge on any atom is 0.452 e. The van der Waals surface area contributed by atoms with E-state index in [-0.39, 0.29) is 17.8 Å². The van der Waals surface area contributed by atoms with Gasteiger partial charge in [-0.3, -0.25) is 4.40 Å². The summed E-state index contributed by atoms with van der Waals surface area (Å²) in [5.41, 5.74) is 1.51. The van der Waals surface area contributed by atoms with Crippen LogP contribution in [-0.2, 0) is 12.6 Å². The fourth-order valence-electron chi connectivity index (χ4n) is 2.54. The van der Waals surface area contributed by atoms with Crippen molar-refractivity contribution in [3.05, 3.63) is 29.6 Å². The summed E-state index contributed by atoms with van der Waals surface area (Å²) in [7, 11) is 0. The number of hydrogen-bond acceptors (Lipinski definition) is 5. The van der Waals surface area contributed by atoms with Gasteiger partial charge in [0.15, 0.2) is 5.65 Å². The largest absolute Gasteiger partial charge is 0.452 e. The highest BCUT2D eigenvalue weighted by molar-refractivity contribution is 7.99. The van der Waals surface area contributed by atoms with E-state index in [2.05, 4.69) is 15.2 Å². The molecule has 2 heterocycles. The van der Waals surface area contributed by atoms with Crippen molar-refractivity contribution in [2.45, 2.75) is 31.5 Å². The Bertz CT molecular complexity index is 908. The SMILES string of the molecule is CC(C)CSc1nc2c(CCO)cccc2n2c(C(F)(F)F)nnc12. The van der Waals surface area contributed by atoms with Gasteiger partial charge >= 0.3 is 6.18 Å². The smallest absolute Gasteiger partial charge is 0.396 e. The molecule has 134 valence electrons. The van der Waals surface area contributed by atoms with E-state index in [1.807, 2.05) is 13.8 Å². The van der Waals surface area contributed by atoms with Crippen LogP contribution < -0.4 is 0 Å². The monoisotopic (exact) mass is 370 g/mol. The zero-order valence-corrected chi connectivity index (χ0v) is 14.5. The van der Waals surface area contributed by atoms with Crippen LogP contribution in [0.3, 0.4) is 0 Å². The topological polar surface area (TPSA) is 63.3 Å². The summed E-state index contributed by atoms with van der Waals surface area (Å²) in [6.07, 6.45) is -4.31. The van der Waals surface area contributed by atoms with E-state index >= 15 is 0 Å². The molecule has 25 heavy (non-hydrogen) atoms. The summed E-state index contributed by atoms with van der Waals surface area (Å²) < 4.78 is 41.2. The van der Waals surface area contributed by atoms with Gasteiger partial charge in [-0.2, -0.15) is 13.2 Å². The van der Waals surface area contributed by atoms with Crippen LogP contribution in [0.2, 0.25) is 0 Å². The fourth-order valence-corrected chi connectivity index (χ4v) is 3.45. The Morgan fingerprint density at radius 2 is 2.00 bits per heavy atom. The molecule has 0 amide bonds. The van der Waals surface area contributed by atoms with Crippen molar-refractivity contribution in [3.63, 3.8) is 0 Å². The first kappa shape index (κ1) is 17.9. The molecule has 0 bridgehead atoms. The Kier molecular flexibility index (Phi) is 4.88. The van der Waals surface area contributed by atoms with Crippen LogP contribution in [0.1, 0.15) is 25.2 Å². The highest BCUT2D eigenvalue weighted by atomic mass is 32.2. The zero-order chi connectivity index (χ0) is 18.2. The number of para-hydroxylation sites is 1. The van der Waals surface area contributed by atoms with Crippen molar-refractivity contribution < 1.29 is 18.3 Å². The third-order valence-corrected chi connectivity index (χ3v) is 4.98. The van der Waals surface area contributed by atoms with E-state index in [9.17, 15) is 18.3 Å². The maximum absolute atomic E-state index is 13.4. The number of aromatic nitrogens is 4. The van der Waals surface area contributed by atoms with Crippen molar-refractivity contribution in [2.24, 2.45) is 5.92 Å². The highest BCUT2D eigenvalue weighted by Crippen LogP contribution is 2.34. The molecule has 3 aromatic rings. The number of aliphatic hydroxyl groups excluding tert-OH is 1. The van der Waals surface area contributed by atoms with Crippen LogP contribution in [0.15, 0.2) is 23.2 Å². The second-order valence-corrected chi connectivity index (χ2v) is 7.07. The quantitative estimate of drug-likeness (QED) is 0.696. The van der Waals surface area contributed by atoms with Crippen molar-refractivity contribution in [1.82, 2.24) is 19.6 Å². The lowest BCUT2D eigenvalue weighted by atomic mass is 10.1. The number of aliphatic hydroxyl groups is 1. The highest BCUT2D eigenvalue weighted by Gasteiger charge is 2.38. The van der Waals surface area contributed by atoms with Gasteiger partial charge in [-0.15, -0.1) is 22.0 Å². The molecule has 1 N–H and O–H groups in total. The number of halogens is 3. The Labute approximate surface area is 146 Å². The van der Waals surface area contributed by atoms with Gasteiger partial charge in [-0.1, -0.05) is 26.0 Å². The number of fused-ring (bicyclic) bond motifs is 3. The molecule has 0 unspecified atom stereocenters. The minimum Gasteiger partial charge on any atom is -0.396 e. The van der Waals surface area contributed by atoms with Gasteiger partial charge in [0.1, 0.15) is 5.03 Å². The number of alkyl halides is 3. The van der Waals surface area contributed by atoms with Crippen LogP contribution in [0.5, 0.6) is 0 Å². The molecule has 0 radical (unpaired) electrons. The average molecular weight is 370 g/mol. The van der Waals surface area contributed by atoms with Crippen molar-refractivity contribution >= 4 is 28.4 Å². The molecule has 3 rings (SSSR count). The van der Waals surface area contributed by atoms with Gasteiger partial charge in [-0.25, -0.2) is 4.98 Å². The second kappa shape index (κ2) is 6.80. The van der Waals surface area contributed by atoms with Gasteiger partial charge < -0.3 is 5.11 Å². The lowest BCUT2D eigenvalue weighted by Crippen LogP contribution is -2.12. The van der Waals surface area contributed by atoms with Crippen molar-refractivity contribution in [3.8, 4) is 0 Å². The summed E-state index contributed by atoms with van der Waals surface area (Å²) in [5.74, 6) is -0.0208. The maximum atomic E-state index is 13.4. The van der Waals surface area contributed by atoms with Crippen molar-refractivity contribution in [1.29, 1.82) is 0 Å². The molecule has 0 saturated carbocycles. The first-order chi connectivity index (χ1) is 11.8. The molecule has 9 heteroatoms. The molecule has 0 aliphatic heterocycles. The van der Waals surface area contributed by atoms with Gasteiger partial charge in [0.2, 0.25) is 5.82 Å². The zero-order valence-electron chi connectivity index (χ0n) is 13.7. The van der Waals surface area contributed by atoms with E-state index < -0.39 is 12.0 Å². The average Bonchev–Trinajstić information content (AvgIpc) is 2.99. The standard InChI is InChI=1S/C16H17F3N4OS/c1-9(2)8-25-14-13-21-22-15(16(17,18)19)23(13)11-5-3-4-10(6-7-24)12(11)20-14/h3-5,9,24H,6-8H2,1-2H3. The summed E-state index contributed by atoms with van der Waals surface area (Å²) in [6.45, 7) is 3.93. The molecule has 0 aliphatic carbocycles. The molecule has 1 aromatic carbocycles. The Balaban J connectivity index is 2.34. The van der Waals surface area contributed by atoms with Gasteiger partial charge in [0, 0.05) is 12.4 Å². The van der Waals surface area contributed by atoms with E-state index in [0.29, 0.717) is 34.2 Å². The predicted molar refractivity (Wildman–Crippen MR) is 89.6 cm³/mol. The van der Waals surface area contributed by atoms with Crippen LogP contribution in [0, 0.1) is 5.92 Å². The number of nitrogens with zero attached hydrogens (tertiary/aromatic N) is 4. The Morgan fingerprint density at radius 3 is 2.64 bits per heavy atom. The van der Waals surface area contributed by atoms with Crippen LogP contribution in [0.25, 0.3) is 16.7 Å². The minimum atomic E-state index is -4.62. The lowest BCUT2D eigenvalue weighted by Gasteiger charge is -2.12. The molecule has 0 fully saturated rings. The Morgan fingerprint density at radius 1 is 1.24 bits per heavy atom. The number of rotatable bonds is 5. The predicted octanol–water partition coefficient (Wildman–Crippen LogP) is 3.58. The molecule has 5 nitrogen and oxygen atoms in total. The normalized spacial score (nSPS) is 12.6. The summed E-state index contributed by atoms with van der Waals surface area (Å²) in [5, 5.41) is 16.8. The summed E-state index contributed by atoms with van der Waals surface area (Å²) in [6, 6.07) is 4.97. The molecule has 0 aliphatic rings. The van der Waals surface area contributed by atoms with Crippen molar-refractivity contribution in [2.75, 3.05) is 12.4 Å². The van der Waals surface area contributed by atoms with Gasteiger partial charge in [0.25, 0.3) is 0 Å². The fraction of sp³-hybridized carbons (Fsp3) is 0.438. The third kappa shape index (κ3) is 3.43. The van der Waals surface area contributed by atoms with Crippen LogP contribution >= 0.6 is 11.8 Å². The second-order valence-electron chi connectivity index (χ2n) is 6.06. The minimum absolute atomic E-state index is 0.103. The van der Waals surface area contributed by atoms with Gasteiger partial charge in [0.05, 0.1) is 11.0 Å². The van der Waals surface area contributed by atoms with Crippen LogP contribution in [-0.4, -0.2) is 37.0 Å². The van der Waals surface area contributed by atoms with E-state index in [1.165, 1.54) is 11.8 Å². The van der Waals surface area contributed by atoms with E-state index in [0.717, 1.165) is 4.40 Å². The van der Waals surface area contributed by atoms with Crippen LogP contribution in [0.4, 0.5) is 13.2 Å². The lowest BCUT2D eigenvalue weighted by molar-refractivity contribution is -0.145. The number of benzene rings is 1. The molecule has 0 atom stereocenters.